The van der Waals surface area contributed by atoms with E-state index in [2.05, 4.69) is 15.6 Å². The molecule has 0 aliphatic carbocycles. The molecule has 1 aromatic heterocycles. The molecule has 0 aromatic carbocycles. The summed E-state index contributed by atoms with van der Waals surface area (Å²) in [7, 11) is 0. The van der Waals surface area contributed by atoms with Crippen molar-refractivity contribution in [3.63, 3.8) is 0 Å². The second-order valence-electron chi connectivity index (χ2n) is 6.72. The average Bonchev–Trinajstić information content (AvgIpc) is 3.22. The fourth-order valence-corrected chi connectivity index (χ4v) is 2.70. The summed E-state index contributed by atoms with van der Waals surface area (Å²) in [5.74, 6) is -0.663. The number of nitrogens with one attached hydrogen (secondary N) is 1. The second-order valence-corrected chi connectivity index (χ2v) is 6.72. The molecule has 3 amide bonds. The SMILES string of the molecule is CC(=O)NCCOCCOCCOCCn1cc(CN2C(=O)CC(C)C2=O)nn1. The minimum atomic E-state index is -0.261. The maximum atomic E-state index is 11.9. The number of imide groups is 1. The molecule has 1 unspecified atom stereocenters. The van der Waals surface area contributed by atoms with E-state index in [1.807, 2.05) is 0 Å². The number of carbonyl (C=O) groups is 3. The van der Waals surface area contributed by atoms with E-state index in [1.54, 1.807) is 17.8 Å². The Bertz CT molecular complexity index is 679. The van der Waals surface area contributed by atoms with Crippen molar-refractivity contribution in [2.75, 3.05) is 46.2 Å². The van der Waals surface area contributed by atoms with Crippen molar-refractivity contribution in [1.82, 2.24) is 25.2 Å². The molecule has 1 N–H and O–H groups in total. The van der Waals surface area contributed by atoms with E-state index >= 15 is 0 Å². The average molecular weight is 411 g/mol. The largest absolute Gasteiger partial charge is 0.377 e. The third kappa shape index (κ3) is 8.26. The molecule has 1 atom stereocenters. The summed E-state index contributed by atoms with van der Waals surface area (Å²) < 4.78 is 17.8. The van der Waals surface area contributed by atoms with Crippen molar-refractivity contribution in [1.29, 1.82) is 0 Å². The van der Waals surface area contributed by atoms with Gasteiger partial charge in [0, 0.05) is 25.8 Å². The first-order valence-electron chi connectivity index (χ1n) is 9.68. The Morgan fingerprint density at radius 1 is 1.14 bits per heavy atom. The molecule has 1 fully saturated rings. The second kappa shape index (κ2) is 12.2. The van der Waals surface area contributed by atoms with Crippen LogP contribution in [-0.2, 0) is 41.7 Å². The van der Waals surface area contributed by atoms with Gasteiger partial charge in [0.25, 0.3) is 0 Å². The van der Waals surface area contributed by atoms with E-state index in [0.717, 1.165) is 0 Å². The monoisotopic (exact) mass is 411 g/mol. The van der Waals surface area contributed by atoms with Crippen LogP contribution in [0.5, 0.6) is 0 Å². The molecule has 2 rings (SSSR count). The lowest BCUT2D eigenvalue weighted by atomic mass is 10.1. The number of nitrogens with zero attached hydrogens (tertiary/aromatic N) is 4. The van der Waals surface area contributed by atoms with Gasteiger partial charge >= 0.3 is 0 Å². The van der Waals surface area contributed by atoms with Crippen LogP contribution in [0.3, 0.4) is 0 Å². The number of rotatable bonds is 14. The lowest BCUT2D eigenvalue weighted by molar-refractivity contribution is -0.140. The van der Waals surface area contributed by atoms with Crippen molar-refractivity contribution < 1.29 is 28.6 Å². The van der Waals surface area contributed by atoms with Crippen molar-refractivity contribution in [2.24, 2.45) is 5.92 Å². The third-order valence-corrected chi connectivity index (χ3v) is 4.20. The minimum absolute atomic E-state index is 0.0736. The van der Waals surface area contributed by atoms with Gasteiger partial charge < -0.3 is 19.5 Å². The Balaban J connectivity index is 1.48. The summed E-state index contributed by atoms with van der Waals surface area (Å²) in [5.41, 5.74) is 0.572. The molecular weight excluding hydrogens is 382 g/mol. The van der Waals surface area contributed by atoms with Gasteiger partial charge in [-0.15, -0.1) is 5.10 Å². The number of amides is 3. The van der Waals surface area contributed by atoms with E-state index in [9.17, 15) is 14.4 Å². The third-order valence-electron chi connectivity index (χ3n) is 4.20. The van der Waals surface area contributed by atoms with Gasteiger partial charge in [0.15, 0.2) is 0 Å². The molecule has 11 heteroatoms. The zero-order chi connectivity index (χ0) is 21.1. The maximum Gasteiger partial charge on any atom is 0.232 e. The molecule has 162 valence electrons. The Morgan fingerprint density at radius 2 is 1.79 bits per heavy atom. The van der Waals surface area contributed by atoms with Gasteiger partial charge in [-0.05, 0) is 0 Å². The van der Waals surface area contributed by atoms with Gasteiger partial charge in [-0.25, -0.2) is 4.68 Å². The van der Waals surface area contributed by atoms with Crippen LogP contribution >= 0.6 is 0 Å². The summed E-state index contributed by atoms with van der Waals surface area (Å²) in [6, 6.07) is 0. The van der Waals surface area contributed by atoms with E-state index < -0.39 is 0 Å². The van der Waals surface area contributed by atoms with E-state index in [-0.39, 0.29) is 36.6 Å². The Kier molecular flexibility index (Phi) is 9.68. The highest BCUT2D eigenvalue weighted by Crippen LogP contribution is 2.20. The molecule has 1 saturated heterocycles. The fraction of sp³-hybridized carbons (Fsp3) is 0.722. The van der Waals surface area contributed by atoms with Gasteiger partial charge in [0.05, 0.1) is 58.9 Å². The molecule has 0 spiro atoms. The lowest BCUT2D eigenvalue weighted by Gasteiger charge is -2.11. The van der Waals surface area contributed by atoms with Crippen molar-refractivity contribution in [3.8, 4) is 0 Å². The van der Waals surface area contributed by atoms with Gasteiger partial charge in [-0.1, -0.05) is 12.1 Å². The van der Waals surface area contributed by atoms with Gasteiger partial charge in [0.2, 0.25) is 17.7 Å². The van der Waals surface area contributed by atoms with Crippen LogP contribution in [0.2, 0.25) is 0 Å². The molecule has 1 aliphatic rings. The van der Waals surface area contributed by atoms with Gasteiger partial charge in [0.1, 0.15) is 5.69 Å². The van der Waals surface area contributed by atoms with Crippen LogP contribution in [0, 0.1) is 5.92 Å². The van der Waals surface area contributed by atoms with Gasteiger partial charge in [-0.3, -0.25) is 19.3 Å². The lowest BCUT2D eigenvalue weighted by Crippen LogP contribution is -2.29. The van der Waals surface area contributed by atoms with Crippen molar-refractivity contribution in [2.45, 2.75) is 33.4 Å². The first-order chi connectivity index (χ1) is 14.0. The summed E-state index contributed by atoms with van der Waals surface area (Å²) in [4.78, 5) is 35.6. The Labute approximate surface area is 169 Å². The molecule has 1 aliphatic heterocycles. The molecular formula is C18H29N5O6. The highest BCUT2D eigenvalue weighted by atomic mass is 16.5. The first-order valence-corrected chi connectivity index (χ1v) is 9.68. The summed E-state index contributed by atoms with van der Waals surface area (Å²) in [6.07, 6.45) is 1.97. The standard InChI is InChI=1S/C18H29N5O6/c1-14-11-17(25)23(18(14)26)13-16-12-22(21-20-16)4-6-28-8-10-29-9-7-27-5-3-19-15(2)24/h12,14H,3-11,13H2,1-2H3,(H,19,24). The number of carbonyl (C=O) groups excluding carboxylic acids is 3. The zero-order valence-electron chi connectivity index (χ0n) is 17.0. The first kappa shape index (κ1) is 22.9. The minimum Gasteiger partial charge on any atom is -0.377 e. The molecule has 1 aromatic rings. The number of ether oxygens (including phenoxy) is 3. The molecule has 0 radical (unpaired) electrons. The number of hydrogen-bond acceptors (Lipinski definition) is 8. The summed E-state index contributed by atoms with van der Waals surface area (Å²) in [5, 5.41) is 10.6. The number of aromatic nitrogens is 3. The molecule has 0 bridgehead atoms. The quantitative estimate of drug-likeness (QED) is 0.317. The highest BCUT2D eigenvalue weighted by Gasteiger charge is 2.35. The van der Waals surface area contributed by atoms with E-state index in [0.29, 0.717) is 58.4 Å². The molecule has 11 nitrogen and oxygen atoms in total. The van der Waals surface area contributed by atoms with Crippen LogP contribution in [0.4, 0.5) is 0 Å². The smallest absolute Gasteiger partial charge is 0.232 e. The Morgan fingerprint density at radius 3 is 2.41 bits per heavy atom. The molecule has 2 heterocycles. The van der Waals surface area contributed by atoms with Crippen LogP contribution in [-0.4, -0.2) is 83.8 Å². The number of hydrogen-bond donors (Lipinski definition) is 1. The van der Waals surface area contributed by atoms with Crippen LogP contribution in [0.1, 0.15) is 26.0 Å². The number of likely N-dealkylation sites (tertiary alicyclic amines) is 1. The molecule has 29 heavy (non-hydrogen) atoms. The van der Waals surface area contributed by atoms with Crippen molar-refractivity contribution in [3.05, 3.63) is 11.9 Å². The van der Waals surface area contributed by atoms with Crippen molar-refractivity contribution >= 4 is 17.7 Å². The van der Waals surface area contributed by atoms with Crippen LogP contribution in [0.15, 0.2) is 6.20 Å². The summed E-state index contributed by atoms with van der Waals surface area (Å²) in [6.45, 7) is 7.09. The molecule has 0 saturated carbocycles. The highest BCUT2D eigenvalue weighted by molar-refractivity contribution is 6.03. The predicted octanol–water partition coefficient (Wildman–Crippen LogP) is -0.641. The normalized spacial score (nSPS) is 16.6. The zero-order valence-corrected chi connectivity index (χ0v) is 17.0. The predicted molar refractivity (Wildman–Crippen MR) is 101 cm³/mol. The summed E-state index contributed by atoms with van der Waals surface area (Å²) >= 11 is 0. The topological polar surface area (TPSA) is 125 Å². The van der Waals surface area contributed by atoms with Gasteiger partial charge in [-0.2, -0.15) is 0 Å². The van der Waals surface area contributed by atoms with Crippen LogP contribution in [0.25, 0.3) is 0 Å². The van der Waals surface area contributed by atoms with Crippen LogP contribution < -0.4 is 5.32 Å². The fourth-order valence-electron chi connectivity index (χ4n) is 2.70. The van der Waals surface area contributed by atoms with E-state index in [4.69, 9.17) is 14.2 Å². The van der Waals surface area contributed by atoms with E-state index in [1.165, 1.54) is 11.8 Å². The Hall–Kier alpha value is -2.37. The maximum absolute atomic E-state index is 11.9.